The summed E-state index contributed by atoms with van der Waals surface area (Å²) in [5.74, 6) is 1.91. The molecule has 0 aliphatic rings. The Bertz CT molecular complexity index is 1540. The Balaban J connectivity index is 0.000000533. The molecule has 0 aromatic heterocycles. The quantitative estimate of drug-likeness (QED) is 0.131. The Labute approximate surface area is 294 Å². The van der Waals surface area contributed by atoms with E-state index in [1.165, 1.54) is 70.7 Å². The maximum absolute atomic E-state index is 14.2. The van der Waals surface area contributed by atoms with Gasteiger partial charge in [-0.2, -0.15) is 0 Å². The minimum atomic E-state index is -4.25. The molecule has 4 aromatic carbocycles. The first kappa shape index (κ1) is 39.7. The van der Waals surface area contributed by atoms with E-state index in [1.54, 1.807) is 6.07 Å². The van der Waals surface area contributed by atoms with Crippen LogP contribution in [0.25, 0.3) is 0 Å². The van der Waals surface area contributed by atoms with Crippen molar-refractivity contribution in [3.8, 4) is 0 Å². The van der Waals surface area contributed by atoms with Gasteiger partial charge in [0.15, 0.2) is 0 Å². The van der Waals surface area contributed by atoms with E-state index in [2.05, 4.69) is 138 Å². The van der Waals surface area contributed by atoms with Crippen LogP contribution in [0.3, 0.4) is 0 Å². The fourth-order valence-electron chi connectivity index (χ4n) is 6.58. The number of benzene rings is 4. The summed E-state index contributed by atoms with van der Waals surface area (Å²) in [6.07, 6.45) is 0. The molecule has 4 aromatic rings. The van der Waals surface area contributed by atoms with Gasteiger partial charge in [-0.1, -0.05) is 18.2 Å². The molecule has 0 aliphatic heterocycles. The molecule has 0 heterocycles. The second-order valence-electron chi connectivity index (χ2n) is 14.7. The van der Waals surface area contributed by atoms with Crippen LogP contribution in [-0.4, -0.2) is 31.0 Å². The van der Waals surface area contributed by atoms with Crippen LogP contribution >= 0.6 is 0 Å². The third-order valence-electron chi connectivity index (χ3n) is 9.03. The minimum absolute atomic E-state index is 0.185. The Morgan fingerprint density at radius 2 is 0.667 bits per heavy atom. The van der Waals surface area contributed by atoms with Crippen LogP contribution in [0.4, 0.5) is 0 Å². The van der Waals surface area contributed by atoms with Gasteiger partial charge in [0, 0.05) is 0 Å². The van der Waals surface area contributed by atoms with E-state index in [0.717, 1.165) is 0 Å². The smallest absolute Gasteiger partial charge is 0.124 e. The predicted molar refractivity (Wildman–Crippen MR) is 205 cm³/mol. The number of hydrogen-bond donors (Lipinski definition) is 1. The molecule has 0 fully saturated rings. The molecule has 0 spiro atoms. The molecule has 6 heteroatoms. The molecule has 0 saturated heterocycles. The van der Waals surface area contributed by atoms with Gasteiger partial charge in [-0.05, 0) is 12.1 Å². The zero-order valence-corrected chi connectivity index (χ0v) is 33.8. The van der Waals surface area contributed by atoms with Crippen LogP contribution in [0, 0.1) is 0 Å². The van der Waals surface area contributed by atoms with Crippen molar-refractivity contribution in [2.45, 2.75) is 123 Å². The maximum Gasteiger partial charge on any atom is 0.124 e. The third kappa shape index (κ3) is 8.53. The predicted octanol–water partition coefficient (Wildman–Crippen LogP) is 8.98. The van der Waals surface area contributed by atoms with Gasteiger partial charge < -0.3 is 4.55 Å². The Hall–Kier alpha value is -2.69. The fourth-order valence-corrected chi connectivity index (χ4v) is 17.4. The Morgan fingerprint density at radius 3 is 0.833 bits per heavy atom. The van der Waals surface area contributed by atoms with E-state index in [4.69, 9.17) is 0 Å². The van der Waals surface area contributed by atoms with E-state index >= 15 is 0 Å². The summed E-state index contributed by atoms with van der Waals surface area (Å²) >= 11 is -4.05. The molecule has 4 nitrogen and oxygen atoms in total. The first-order chi connectivity index (χ1) is 22.3. The standard InChI is InChI=1S/C36H52AsO.C6H6O3S/c1-22(2)28-16-13-17-29(23(3)4)34(28)37(38,35-30(24(5)6)18-14-19-31(35)25(7)8)36-32(26(9)10)20-15-21-33(36)27(11)12;7-10(8,9)6-4-2-1-3-5-6/h13-27,38H,1-12H3;1-5H,(H,7,8,9)/q+1;/p-1. The summed E-state index contributed by atoms with van der Waals surface area (Å²) in [4.78, 5) is -0.185. The van der Waals surface area contributed by atoms with Gasteiger partial charge in [-0.15, -0.1) is 0 Å². The Kier molecular flexibility index (Phi) is 13.5. The van der Waals surface area contributed by atoms with Crippen molar-refractivity contribution in [1.29, 1.82) is 0 Å². The van der Waals surface area contributed by atoms with Crippen molar-refractivity contribution >= 4 is 37.1 Å². The van der Waals surface area contributed by atoms with Gasteiger partial charge in [0.1, 0.15) is 10.1 Å². The van der Waals surface area contributed by atoms with Crippen molar-refractivity contribution < 1.29 is 17.1 Å². The van der Waals surface area contributed by atoms with Gasteiger partial charge in [0.25, 0.3) is 0 Å². The summed E-state index contributed by atoms with van der Waals surface area (Å²) in [5.41, 5.74) is 7.88. The van der Waals surface area contributed by atoms with Crippen molar-refractivity contribution in [1.82, 2.24) is 0 Å². The van der Waals surface area contributed by atoms with E-state index in [0.29, 0.717) is 35.5 Å². The van der Waals surface area contributed by atoms with Crippen molar-refractivity contribution in [3.63, 3.8) is 0 Å². The first-order valence-electron chi connectivity index (χ1n) is 17.4. The van der Waals surface area contributed by atoms with Gasteiger partial charge in [-0.3, -0.25) is 0 Å². The van der Waals surface area contributed by atoms with Crippen LogP contribution in [0.2, 0.25) is 0 Å². The average molecular weight is 733 g/mol. The first-order valence-corrected chi connectivity index (χ1v) is 22.4. The van der Waals surface area contributed by atoms with Crippen LogP contribution in [0.5, 0.6) is 0 Å². The Morgan fingerprint density at radius 1 is 0.438 bits per heavy atom. The normalized spacial score (nSPS) is 12.4. The van der Waals surface area contributed by atoms with Crippen molar-refractivity contribution in [3.05, 3.63) is 118 Å². The van der Waals surface area contributed by atoms with E-state index in [9.17, 15) is 17.1 Å². The number of hydrogen-bond acceptors (Lipinski definition) is 4. The summed E-state index contributed by atoms with van der Waals surface area (Å²) < 4.78 is 48.8. The maximum atomic E-state index is 14.2. The molecule has 0 unspecified atom stereocenters. The van der Waals surface area contributed by atoms with Gasteiger partial charge in [0.05, 0.1) is 4.90 Å². The molecule has 48 heavy (non-hydrogen) atoms. The van der Waals surface area contributed by atoms with Crippen molar-refractivity contribution in [2.75, 3.05) is 0 Å². The molecular formula is C42H57AsO4S. The summed E-state index contributed by atoms with van der Waals surface area (Å²) in [7, 11) is -4.25. The second kappa shape index (κ2) is 16.3. The average Bonchev–Trinajstić information content (AvgIpc) is 3.03. The largest absolute Gasteiger partial charge is 0.744 e. The second-order valence-corrected chi connectivity index (χ2v) is 21.5. The molecular weight excluding hydrogens is 675 g/mol. The zero-order chi connectivity index (χ0) is 36.1. The molecule has 260 valence electrons. The molecule has 0 radical (unpaired) electrons. The van der Waals surface area contributed by atoms with E-state index in [-0.39, 0.29) is 4.90 Å². The minimum Gasteiger partial charge on any atom is -0.744 e. The molecule has 4 rings (SSSR count). The van der Waals surface area contributed by atoms with E-state index < -0.39 is 24.0 Å². The SMILES string of the molecule is CC(C)c1cccc(C(C)C)c1[As+](O)(c1c(C(C)C)cccc1C(C)C)c1c(C(C)C)cccc1C(C)C.O=S(=O)([O-])c1ccccc1. The van der Waals surface area contributed by atoms with Crippen LogP contribution in [0.1, 0.15) is 152 Å². The summed E-state index contributed by atoms with van der Waals surface area (Å²) in [6, 6.07) is 27.6. The zero-order valence-electron chi connectivity index (χ0n) is 31.1. The fraction of sp³-hybridized carbons (Fsp3) is 0.429. The molecule has 0 bridgehead atoms. The summed E-state index contributed by atoms with van der Waals surface area (Å²) in [6.45, 7) is 27.5. The monoisotopic (exact) mass is 732 g/mol. The summed E-state index contributed by atoms with van der Waals surface area (Å²) in [5, 5.41) is 0. The van der Waals surface area contributed by atoms with Gasteiger partial charge in [-0.25, -0.2) is 8.42 Å². The van der Waals surface area contributed by atoms with Crippen LogP contribution in [0.15, 0.2) is 89.8 Å². The molecule has 0 amide bonds. The topological polar surface area (TPSA) is 77.4 Å². The van der Waals surface area contributed by atoms with Gasteiger partial charge >= 0.3 is 238 Å². The molecule has 1 N–H and O–H groups in total. The van der Waals surface area contributed by atoms with Gasteiger partial charge in [0.2, 0.25) is 0 Å². The van der Waals surface area contributed by atoms with E-state index in [1.807, 2.05) is 0 Å². The molecule has 0 saturated carbocycles. The number of rotatable bonds is 10. The third-order valence-corrected chi connectivity index (χ3v) is 17.2. The molecule has 0 atom stereocenters. The van der Waals surface area contributed by atoms with Crippen LogP contribution in [-0.2, 0) is 10.1 Å². The van der Waals surface area contributed by atoms with Crippen LogP contribution < -0.4 is 13.1 Å². The molecule has 0 aliphatic carbocycles. The van der Waals surface area contributed by atoms with Crippen molar-refractivity contribution in [2.24, 2.45) is 0 Å².